The van der Waals surface area contributed by atoms with Gasteiger partial charge in [0.1, 0.15) is 5.60 Å². The fourth-order valence-electron chi connectivity index (χ4n) is 5.62. The first-order valence-corrected chi connectivity index (χ1v) is 15.3. The molecule has 3 heterocycles. The van der Waals surface area contributed by atoms with Crippen LogP contribution in [0.25, 0.3) is 11.3 Å². The van der Waals surface area contributed by atoms with Crippen molar-refractivity contribution < 1.29 is 14.3 Å². The highest BCUT2D eigenvalue weighted by molar-refractivity contribution is 6.30. The molecule has 0 N–H and O–H groups in total. The predicted molar refractivity (Wildman–Crippen MR) is 168 cm³/mol. The standard InChI is InChI=1S/C33H41ClN6O3/c1-23-7-9-29(31(41)38-15-11-25(12-16-38)28-10-8-26(34)20-24(28)2)30(19-23)40-22-27(35-36-40)21-37-13-6-14-39(18-17-37)32(42)43-33(3,4)5/h7-11,19-20,22H,6,12-18,21H2,1-5H3. The molecule has 1 fully saturated rings. The van der Waals surface area contributed by atoms with Crippen molar-refractivity contribution in [3.63, 3.8) is 0 Å². The summed E-state index contributed by atoms with van der Waals surface area (Å²) in [6, 6.07) is 11.8. The van der Waals surface area contributed by atoms with Gasteiger partial charge in [0.15, 0.2) is 0 Å². The molecule has 0 saturated carbocycles. The van der Waals surface area contributed by atoms with Crippen LogP contribution in [0.3, 0.4) is 0 Å². The van der Waals surface area contributed by atoms with E-state index in [0.29, 0.717) is 38.3 Å². The Morgan fingerprint density at radius 2 is 1.79 bits per heavy atom. The summed E-state index contributed by atoms with van der Waals surface area (Å²) in [5.41, 5.74) is 6.23. The summed E-state index contributed by atoms with van der Waals surface area (Å²) >= 11 is 6.15. The van der Waals surface area contributed by atoms with Gasteiger partial charge in [0, 0.05) is 50.8 Å². The fraction of sp³-hybridized carbons (Fsp3) is 0.455. The third-order valence-corrected chi connectivity index (χ3v) is 8.06. The summed E-state index contributed by atoms with van der Waals surface area (Å²) in [4.78, 5) is 32.3. The lowest BCUT2D eigenvalue weighted by Gasteiger charge is -2.28. The smallest absolute Gasteiger partial charge is 0.410 e. The maximum atomic E-state index is 13.8. The van der Waals surface area contributed by atoms with Crippen LogP contribution < -0.4 is 0 Å². The number of hydrogen-bond acceptors (Lipinski definition) is 6. The molecule has 9 nitrogen and oxygen atoms in total. The molecular formula is C33H41ClN6O3. The van der Waals surface area contributed by atoms with Crippen LogP contribution in [-0.4, -0.2) is 86.6 Å². The van der Waals surface area contributed by atoms with E-state index in [1.165, 1.54) is 11.1 Å². The van der Waals surface area contributed by atoms with Crippen molar-refractivity contribution in [2.24, 2.45) is 0 Å². The molecule has 5 rings (SSSR count). The molecule has 0 bridgehead atoms. The molecule has 3 aromatic rings. The molecule has 2 amide bonds. The van der Waals surface area contributed by atoms with Crippen molar-refractivity contribution in [3.05, 3.63) is 81.6 Å². The molecular weight excluding hydrogens is 564 g/mol. The number of ether oxygens (including phenoxy) is 1. The van der Waals surface area contributed by atoms with E-state index in [2.05, 4.69) is 34.3 Å². The first kappa shape index (κ1) is 30.8. The summed E-state index contributed by atoms with van der Waals surface area (Å²) in [6.07, 6.45) is 5.42. The van der Waals surface area contributed by atoms with E-state index in [1.807, 2.05) is 69.1 Å². The third-order valence-electron chi connectivity index (χ3n) is 7.83. The summed E-state index contributed by atoms with van der Waals surface area (Å²) in [7, 11) is 0. The highest BCUT2D eigenvalue weighted by Gasteiger charge is 2.26. The lowest BCUT2D eigenvalue weighted by molar-refractivity contribution is 0.0257. The quantitative estimate of drug-likeness (QED) is 0.360. The van der Waals surface area contributed by atoms with E-state index in [1.54, 1.807) is 9.58 Å². The molecule has 1 aromatic heterocycles. The minimum atomic E-state index is -0.512. The summed E-state index contributed by atoms with van der Waals surface area (Å²) < 4.78 is 7.27. The average molecular weight is 605 g/mol. The van der Waals surface area contributed by atoms with E-state index in [4.69, 9.17) is 16.3 Å². The molecule has 1 saturated heterocycles. The minimum Gasteiger partial charge on any atom is -0.444 e. The van der Waals surface area contributed by atoms with E-state index in [0.717, 1.165) is 53.5 Å². The van der Waals surface area contributed by atoms with Crippen molar-refractivity contribution in [2.45, 2.75) is 59.6 Å². The van der Waals surface area contributed by atoms with Crippen molar-refractivity contribution in [1.29, 1.82) is 0 Å². The molecule has 2 aliphatic heterocycles. The monoisotopic (exact) mass is 604 g/mol. The number of carbonyl (C=O) groups excluding carboxylic acids is 2. The Balaban J connectivity index is 1.26. The molecule has 43 heavy (non-hydrogen) atoms. The molecule has 2 aromatic carbocycles. The molecule has 0 atom stereocenters. The van der Waals surface area contributed by atoms with Gasteiger partial charge in [-0.25, -0.2) is 9.48 Å². The maximum absolute atomic E-state index is 13.8. The number of rotatable bonds is 5. The van der Waals surface area contributed by atoms with Gasteiger partial charge in [-0.05, 0) is 94.0 Å². The zero-order chi connectivity index (χ0) is 30.7. The van der Waals surface area contributed by atoms with Crippen LogP contribution in [0.1, 0.15) is 66.4 Å². The van der Waals surface area contributed by atoms with Crippen LogP contribution in [-0.2, 0) is 11.3 Å². The number of aryl methyl sites for hydroxylation is 2. The second-order valence-corrected chi connectivity index (χ2v) is 12.9. The second-order valence-electron chi connectivity index (χ2n) is 12.5. The Labute approximate surface area is 259 Å². The molecule has 228 valence electrons. The van der Waals surface area contributed by atoms with Crippen LogP contribution in [0.15, 0.2) is 48.7 Å². The number of hydrogen-bond donors (Lipinski definition) is 0. The average Bonchev–Trinajstić information content (AvgIpc) is 3.28. The molecule has 0 radical (unpaired) electrons. The highest BCUT2D eigenvalue weighted by atomic mass is 35.5. The van der Waals surface area contributed by atoms with Crippen molar-refractivity contribution in [1.82, 2.24) is 29.7 Å². The largest absolute Gasteiger partial charge is 0.444 e. The number of nitrogens with zero attached hydrogens (tertiary/aromatic N) is 6. The van der Waals surface area contributed by atoms with Gasteiger partial charge < -0.3 is 14.5 Å². The Kier molecular flexibility index (Phi) is 9.22. The molecule has 0 unspecified atom stereocenters. The second kappa shape index (κ2) is 12.9. The van der Waals surface area contributed by atoms with E-state index in [9.17, 15) is 9.59 Å². The van der Waals surface area contributed by atoms with Gasteiger partial charge in [-0.15, -0.1) is 5.10 Å². The summed E-state index contributed by atoms with van der Waals surface area (Å²) in [5.74, 6) is -0.0232. The predicted octanol–water partition coefficient (Wildman–Crippen LogP) is 5.91. The topological polar surface area (TPSA) is 83.8 Å². The fourth-order valence-corrected chi connectivity index (χ4v) is 5.85. The molecule has 10 heteroatoms. The summed E-state index contributed by atoms with van der Waals surface area (Å²) in [5, 5.41) is 9.59. The highest BCUT2D eigenvalue weighted by Crippen LogP contribution is 2.28. The van der Waals surface area contributed by atoms with Crippen molar-refractivity contribution in [2.75, 3.05) is 39.3 Å². The van der Waals surface area contributed by atoms with Gasteiger partial charge in [0.2, 0.25) is 0 Å². The van der Waals surface area contributed by atoms with Crippen LogP contribution in [0.5, 0.6) is 0 Å². The van der Waals surface area contributed by atoms with Gasteiger partial charge in [0.05, 0.1) is 23.1 Å². The van der Waals surface area contributed by atoms with Gasteiger partial charge in [-0.2, -0.15) is 0 Å². The van der Waals surface area contributed by atoms with Crippen LogP contribution in [0.2, 0.25) is 5.02 Å². The van der Waals surface area contributed by atoms with Crippen molar-refractivity contribution in [3.8, 4) is 5.69 Å². The molecule has 0 aliphatic carbocycles. The van der Waals surface area contributed by atoms with Crippen molar-refractivity contribution >= 4 is 29.2 Å². The number of amides is 2. The van der Waals surface area contributed by atoms with E-state index in [-0.39, 0.29) is 12.0 Å². The zero-order valence-electron chi connectivity index (χ0n) is 25.8. The van der Waals surface area contributed by atoms with Gasteiger partial charge in [-0.1, -0.05) is 35.0 Å². The SMILES string of the molecule is Cc1ccc(C(=O)N2CC=C(c3ccc(Cl)cc3C)CC2)c(-n2cc(CN3CCCN(C(=O)OC(C)(C)C)CC3)nn2)c1. The number of carbonyl (C=O) groups is 2. The Bertz CT molecular complexity index is 1530. The molecule has 2 aliphatic rings. The molecule has 0 spiro atoms. The first-order valence-electron chi connectivity index (χ1n) is 14.9. The Hall–Kier alpha value is -3.69. The Morgan fingerprint density at radius 1 is 0.977 bits per heavy atom. The van der Waals surface area contributed by atoms with Crippen LogP contribution in [0, 0.1) is 13.8 Å². The third kappa shape index (κ3) is 7.64. The van der Waals surface area contributed by atoms with E-state index >= 15 is 0 Å². The number of halogens is 1. The first-order chi connectivity index (χ1) is 20.5. The lowest BCUT2D eigenvalue weighted by atomic mass is 9.95. The van der Waals surface area contributed by atoms with Gasteiger partial charge >= 0.3 is 6.09 Å². The van der Waals surface area contributed by atoms with Crippen LogP contribution >= 0.6 is 11.6 Å². The number of benzene rings is 2. The maximum Gasteiger partial charge on any atom is 0.410 e. The number of aromatic nitrogens is 3. The normalized spacial score (nSPS) is 16.6. The zero-order valence-corrected chi connectivity index (χ0v) is 26.5. The minimum absolute atomic E-state index is 0.0232. The van der Waals surface area contributed by atoms with Crippen LogP contribution in [0.4, 0.5) is 4.79 Å². The van der Waals surface area contributed by atoms with Gasteiger partial charge in [0.25, 0.3) is 5.91 Å². The Morgan fingerprint density at radius 3 is 2.51 bits per heavy atom. The van der Waals surface area contributed by atoms with Gasteiger partial charge in [-0.3, -0.25) is 9.69 Å². The lowest BCUT2D eigenvalue weighted by Crippen LogP contribution is -2.39. The summed E-state index contributed by atoms with van der Waals surface area (Å²) in [6.45, 7) is 14.4. The van der Waals surface area contributed by atoms with E-state index < -0.39 is 5.60 Å².